The molecular formula is C15H20N4. The standard InChI is InChI=1S/C15H20N4/c1-10-5-7-13(8-6-10)19(4)15-14(9-16)11(2)12(3)17-18-15/h5-8H,9,16H2,1-4H3. The van der Waals surface area contributed by atoms with Crippen molar-refractivity contribution in [2.75, 3.05) is 11.9 Å². The molecule has 0 aliphatic rings. The number of nitrogens with two attached hydrogens (primary N) is 1. The van der Waals surface area contributed by atoms with E-state index < -0.39 is 0 Å². The summed E-state index contributed by atoms with van der Waals surface area (Å²) >= 11 is 0. The van der Waals surface area contributed by atoms with Crippen LogP contribution in [-0.2, 0) is 6.54 Å². The van der Waals surface area contributed by atoms with Crippen molar-refractivity contribution in [3.8, 4) is 0 Å². The number of benzene rings is 1. The molecule has 0 spiro atoms. The zero-order valence-electron chi connectivity index (χ0n) is 11.9. The van der Waals surface area contributed by atoms with Crippen LogP contribution in [0.3, 0.4) is 0 Å². The van der Waals surface area contributed by atoms with Gasteiger partial charge < -0.3 is 10.6 Å². The molecule has 1 aromatic carbocycles. The first kappa shape index (κ1) is 13.5. The Morgan fingerprint density at radius 3 is 2.26 bits per heavy atom. The average Bonchev–Trinajstić information content (AvgIpc) is 2.41. The summed E-state index contributed by atoms with van der Waals surface area (Å²) < 4.78 is 0. The summed E-state index contributed by atoms with van der Waals surface area (Å²) in [6, 6.07) is 8.32. The van der Waals surface area contributed by atoms with Crippen molar-refractivity contribution in [3.63, 3.8) is 0 Å². The van der Waals surface area contributed by atoms with E-state index in [1.165, 1.54) is 5.56 Å². The highest BCUT2D eigenvalue weighted by atomic mass is 15.3. The van der Waals surface area contributed by atoms with Crippen LogP contribution in [0.1, 0.15) is 22.4 Å². The summed E-state index contributed by atoms with van der Waals surface area (Å²) in [5, 5.41) is 8.51. The van der Waals surface area contributed by atoms with Crippen LogP contribution in [0.4, 0.5) is 11.5 Å². The van der Waals surface area contributed by atoms with E-state index in [4.69, 9.17) is 5.73 Å². The second kappa shape index (κ2) is 5.36. The summed E-state index contributed by atoms with van der Waals surface area (Å²) in [7, 11) is 1.99. The van der Waals surface area contributed by atoms with Gasteiger partial charge in [-0.25, -0.2) is 0 Å². The van der Waals surface area contributed by atoms with Crippen LogP contribution in [0.25, 0.3) is 0 Å². The normalized spacial score (nSPS) is 10.6. The molecule has 2 rings (SSSR count). The predicted octanol–water partition coefficient (Wildman–Crippen LogP) is 2.63. The minimum Gasteiger partial charge on any atom is -0.328 e. The Morgan fingerprint density at radius 1 is 1.05 bits per heavy atom. The zero-order chi connectivity index (χ0) is 14.0. The lowest BCUT2D eigenvalue weighted by Crippen LogP contribution is -2.18. The van der Waals surface area contributed by atoms with Gasteiger partial charge in [0.05, 0.1) is 5.69 Å². The molecule has 0 fully saturated rings. The monoisotopic (exact) mass is 256 g/mol. The maximum absolute atomic E-state index is 5.87. The molecule has 0 saturated heterocycles. The first-order valence-corrected chi connectivity index (χ1v) is 6.37. The van der Waals surface area contributed by atoms with E-state index in [2.05, 4.69) is 41.4 Å². The van der Waals surface area contributed by atoms with Crippen LogP contribution in [0.2, 0.25) is 0 Å². The van der Waals surface area contributed by atoms with Gasteiger partial charge in [0.2, 0.25) is 0 Å². The number of rotatable bonds is 3. The highest BCUT2D eigenvalue weighted by molar-refractivity contribution is 5.63. The summed E-state index contributed by atoms with van der Waals surface area (Å²) in [5.41, 5.74) is 11.3. The van der Waals surface area contributed by atoms with Crippen molar-refractivity contribution in [2.24, 2.45) is 5.73 Å². The molecule has 0 bridgehead atoms. The van der Waals surface area contributed by atoms with Crippen molar-refractivity contribution < 1.29 is 0 Å². The smallest absolute Gasteiger partial charge is 0.160 e. The molecule has 4 nitrogen and oxygen atoms in total. The van der Waals surface area contributed by atoms with Crippen molar-refractivity contribution in [3.05, 3.63) is 46.6 Å². The Morgan fingerprint density at radius 2 is 1.68 bits per heavy atom. The summed E-state index contributed by atoms with van der Waals surface area (Å²) in [6.45, 7) is 6.54. The molecule has 100 valence electrons. The van der Waals surface area contributed by atoms with Crippen LogP contribution in [0.5, 0.6) is 0 Å². The third-order valence-electron chi connectivity index (χ3n) is 3.50. The molecule has 19 heavy (non-hydrogen) atoms. The molecule has 1 heterocycles. The fourth-order valence-corrected chi connectivity index (χ4v) is 2.05. The van der Waals surface area contributed by atoms with E-state index >= 15 is 0 Å². The van der Waals surface area contributed by atoms with Crippen LogP contribution in [0.15, 0.2) is 24.3 Å². The van der Waals surface area contributed by atoms with Gasteiger partial charge in [0.25, 0.3) is 0 Å². The number of aryl methyl sites for hydroxylation is 2. The van der Waals surface area contributed by atoms with Gasteiger partial charge >= 0.3 is 0 Å². The third-order valence-corrected chi connectivity index (χ3v) is 3.50. The number of anilines is 2. The van der Waals surface area contributed by atoms with Crippen molar-refractivity contribution in [1.82, 2.24) is 10.2 Å². The third kappa shape index (κ3) is 2.58. The highest BCUT2D eigenvalue weighted by Crippen LogP contribution is 2.27. The van der Waals surface area contributed by atoms with E-state index in [9.17, 15) is 0 Å². The van der Waals surface area contributed by atoms with Gasteiger partial charge in [-0.05, 0) is 38.5 Å². The van der Waals surface area contributed by atoms with Crippen LogP contribution < -0.4 is 10.6 Å². The van der Waals surface area contributed by atoms with Gasteiger partial charge in [-0.1, -0.05) is 17.7 Å². The fourth-order valence-electron chi connectivity index (χ4n) is 2.05. The minimum absolute atomic E-state index is 0.466. The molecular weight excluding hydrogens is 236 g/mol. The minimum atomic E-state index is 0.466. The number of hydrogen-bond donors (Lipinski definition) is 1. The average molecular weight is 256 g/mol. The number of nitrogens with zero attached hydrogens (tertiary/aromatic N) is 3. The SMILES string of the molecule is Cc1ccc(N(C)c2nnc(C)c(C)c2CN)cc1. The van der Waals surface area contributed by atoms with Gasteiger partial charge in [0.1, 0.15) is 0 Å². The first-order chi connectivity index (χ1) is 9.04. The molecule has 2 N–H and O–H groups in total. The van der Waals surface area contributed by atoms with Crippen LogP contribution >= 0.6 is 0 Å². The maximum Gasteiger partial charge on any atom is 0.160 e. The second-order valence-electron chi connectivity index (χ2n) is 4.81. The van der Waals surface area contributed by atoms with E-state index in [1.54, 1.807) is 0 Å². The van der Waals surface area contributed by atoms with E-state index in [0.29, 0.717) is 6.54 Å². The Bertz CT molecular complexity index is 575. The Labute approximate surface area is 114 Å². The van der Waals surface area contributed by atoms with Crippen LogP contribution in [-0.4, -0.2) is 17.2 Å². The lowest BCUT2D eigenvalue weighted by atomic mass is 10.1. The van der Waals surface area contributed by atoms with E-state index in [0.717, 1.165) is 28.3 Å². The topological polar surface area (TPSA) is 55.0 Å². The highest BCUT2D eigenvalue weighted by Gasteiger charge is 2.14. The summed E-state index contributed by atoms with van der Waals surface area (Å²) in [4.78, 5) is 2.03. The number of aromatic nitrogens is 2. The van der Waals surface area contributed by atoms with Crippen molar-refractivity contribution >= 4 is 11.5 Å². The lowest BCUT2D eigenvalue weighted by Gasteiger charge is -2.22. The molecule has 0 aliphatic carbocycles. The molecule has 0 saturated carbocycles. The molecule has 1 aromatic heterocycles. The molecule has 0 unspecified atom stereocenters. The lowest BCUT2D eigenvalue weighted by molar-refractivity contribution is 0.888. The molecule has 0 aliphatic heterocycles. The molecule has 4 heteroatoms. The Hall–Kier alpha value is -1.94. The van der Waals surface area contributed by atoms with Crippen LogP contribution in [0, 0.1) is 20.8 Å². The Balaban J connectivity index is 2.46. The van der Waals surface area contributed by atoms with Crippen molar-refractivity contribution in [1.29, 1.82) is 0 Å². The van der Waals surface area contributed by atoms with E-state index in [-0.39, 0.29) is 0 Å². The molecule has 2 aromatic rings. The fraction of sp³-hybridized carbons (Fsp3) is 0.333. The molecule has 0 amide bonds. The second-order valence-corrected chi connectivity index (χ2v) is 4.81. The van der Waals surface area contributed by atoms with Gasteiger partial charge in [0, 0.05) is 24.8 Å². The molecule has 0 atom stereocenters. The quantitative estimate of drug-likeness (QED) is 0.917. The van der Waals surface area contributed by atoms with Gasteiger partial charge in [-0.15, -0.1) is 5.10 Å². The molecule has 0 radical (unpaired) electrons. The maximum atomic E-state index is 5.87. The largest absolute Gasteiger partial charge is 0.328 e. The van der Waals surface area contributed by atoms with E-state index in [1.807, 2.05) is 25.8 Å². The summed E-state index contributed by atoms with van der Waals surface area (Å²) in [6.07, 6.45) is 0. The zero-order valence-corrected chi connectivity index (χ0v) is 11.9. The Kier molecular flexibility index (Phi) is 3.81. The van der Waals surface area contributed by atoms with Gasteiger partial charge in [-0.2, -0.15) is 5.10 Å². The van der Waals surface area contributed by atoms with Gasteiger partial charge in [-0.3, -0.25) is 0 Å². The first-order valence-electron chi connectivity index (χ1n) is 6.37. The van der Waals surface area contributed by atoms with Crippen molar-refractivity contribution in [2.45, 2.75) is 27.3 Å². The predicted molar refractivity (Wildman–Crippen MR) is 78.6 cm³/mol. The number of hydrogen-bond acceptors (Lipinski definition) is 4. The van der Waals surface area contributed by atoms with Gasteiger partial charge in [0.15, 0.2) is 5.82 Å². The summed E-state index contributed by atoms with van der Waals surface area (Å²) in [5.74, 6) is 0.828.